The third-order valence-electron chi connectivity index (χ3n) is 9.52. The van der Waals surface area contributed by atoms with E-state index in [9.17, 15) is 9.59 Å². The van der Waals surface area contributed by atoms with Crippen LogP contribution in [0.25, 0.3) is 0 Å². The first-order chi connectivity index (χ1) is 12.2. The van der Waals surface area contributed by atoms with E-state index in [4.69, 9.17) is 4.74 Å². The number of carbonyl (C=O) groups excluding carboxylic acids is 2. The van der Waals surface area contributed by atoms with Crippen LogP contribution in [-0.4, -0.2) is 17.4 Å². The van der Waals surface area contributed by atoms with Crippen molar-refractivity contribution in [1.82, 2.24) is 0 Å². The Morgan fingerprint density at radius 3 is 2.54 bits per heavy atom. The Morgan fingerprint density at radius 1 is 1.08 bits per heavy atom. The second kappa shape index (κ2) is 6.07. The lowest BCUT2D eigenvalue weighted by atomic mass is 9.44. The summed E-state index contributed by atoms with van der Waals surface area (Å²) in [5.74, 6) is 3.21. The molecule has 0 spiro atoms. The summed E-state index contributed by atoms with van der Waals surface area (Å²) in [5, 5.41) is 0. The van der Waals surface area contributed by atoms with E-state index in [1.165, 1.54) is 25.7 Å². The molecular formula is C23H36O3. The van der Waals surface area contributed by atoms with E-state index in [0.29, 0.717) is 23.0 Å². The molecule has 0 unspecified atom stereocenters. The van der Waals surface area contributed by atoms with Crippen LogP contribution in [0, 0.1) is 34.5 Å². The maximum absolute atomic E-state index is 12.5. The van der Waals surface area contributed by atoms with Gasteiger partial charge in [-0.2, -0.15) is 0 Å². The van der Waals surface area contributed by atoms with Crippen molar-refractivity contribution in [2.24, 2.45) is 34.5 Å². The fourth-order valence-corrected chi connectivity index (χ4v) is 7.87. The maximum Gasteiger partial charge on any atom is 0.303 e. The highest BCUT2D eigenvalue weighted by Crippen LogP contribution is 2.66. The first kappa shape index (κ1) is 18.5. The number of esters is 1. The quantitative estimate of drug-likeness (QED) is 0.627. The third-order valence-corrected chi connectivity index (χ3v) is 9.52. The zero-order valence-electron chi connectivity index (χ0n) is 17.1. The van der Waals surface area contributed by atoms with Crippen molar-refractivity contribution in [3.63, 3.8) is 0 Å². The summed E-state index contributed by atoms with van der Waals surface area (Å²) in [6.07, 6.45) is 11.0. The van der Waals surface area contributed by atoms with Crippen molar-refractivity contribution in [1.29, 1.82) is 0 Å². The van der Waals surface area contributed by atoms with Gasteiger partial charge in [-0.1, -0.05) is 20.8 Å². The molecular weight excluding hydrogens is 324 g/mol. The summed E-state index contributed by atoms with van der Waals surface area (Å²) in [6.45, 7) is 8.52. The van der Waals surface area contributed by atoms with Gasteiger partial charge in [-0.25, -0.2) is 0 Å². The molecule has 0 heterocycles. The predicted octanol–water partition coefficient (Wildman–Crippen LogP) is 5.31. The highest BCUT2D eigenvalue weighted by Gasteiger charge is 2.61. The summed E-state index contributed by atoms with van der Waals surface area (Å²) in [6, 6.07) is 0. The second-order valence-electron chi connectivity index (χ2n) is 10.4. The number of fused-ring (bicyclic) bond motifs is 5. The molecule has 4 saturated carbocycles. The van der Waals surface area contributed by atoms with Gasteiger partial charge in [0.15, 0.2) is 0 Å². The summed E-state index contributed by atoms with van der Waals surface area (Å²) >= 11 is 0. The van der Waals surface area contributed by atoms with Crippen molar-refractivity contribution >= 4 is 11.8 Å². The minimum Gasteiger partial charge on any atom is -0.459 e. The van der Waals surface area contributed by atoms with Gasteiger partial charge in [0.25, 0.3) is 0 Å². The molecule has 4 fully saturated rings. The minimum atomic E-state index is -0.227. The van der Waals surface area contributed by atoms with E-state index in [1.54, 1.807) is 6.92 Å². The van der Waals surface area contributed by atoms with Gasteiger partial charge in [-0.05, 0) is 86.9 Å². The fourth-order valence-electron chi connectivity index (χ4n) is 7.87. The van der Waals surface area contributed by atoms with Crippen molar-refractivity contribution in [3.05, 3.63) is 0 Å². The topological polar surface area (TPSA) is 43.4 Å². The van der Waals surface area contributed by atoms with Crippen LogP contribution in [-0.2, 0) is 14.3 Å². The lowest BCUT2D eigenvalue weighted by Crippen LogP contribution is -2.56. The van der Waals surface area contributed by atoms with Crippen LogP contribution in [0.3, 0.4) is 0 Å². The van der Waals surface area contributed by atoms with E-state index in [2.05, 4.69) is 20.8 Å². The molecule has 4 aliphatic carbocycles. The van der Waals surface area contributed by atoms with Gasteiger partial charge < -0.3 is 4.74 Å². The smallest absolute Gasteiger partial charge is 0.303 e. The molecule has 0 aromatic heterocycles. The van der Waals surface area contributed by atoms with Crippen LogP contribution in [0.4, 0.5) is 0 Å². The molecule has 0 saturated heterocycles. The number of carbonyl (C=O) groups is 2. The van der Waals surface area contributed by atoms with E-state index in [1.807, 2.05) is 0 Å². The molecule has 0 aromatic rings. The zero-order chi connectivity index (χ0) is 18.7. The number of Topliss-reactive ketones (excluding diaryl/α,β-unsaturated/α-hetero) is 1. The normalized spacial score (nSPS) is 50.5. The lowest BCUT2D eigenvalue weighted by Gasteiger charge is -2.61. The molecule has 3 heteroatoms. The van der Waals surface area contributed by atoms with Gasteiger partial charge in [-0.15, -0.1) is 0 Å². The monoisotopic (exact) mass is 360 g/mol. The van der Waals surface area contributed by atoms with Crippen LogP contribution in [0.1, 0.15) is 91.9 Å². The van der Waals surface area contributed by atoms with E-state index >= 15 is 0 Å². The largest absolute Gasteiger partial charge is 0.459 e. The number of hydrogen-bond donors (Lipinski definition) is 0. The highest BCUT2D eigenvalue weighted by atomic mass is 16.6. The number of ether oxygens (including phenoxy) is 1. The summed E-state index contributed by atoms with van der Waals surface area (Å²) < 4.78 is 5.87. The molecule has 0 amide bonds. The Bertz CT molecular complexity index is 613. The van der Waals surface area contributed by atoms with Gasteiger partial charge >= 0.3 is 5.97 Å². The maximum atomic E-state index is 12.5. The van der Waals surface area contributed by atoms with E-state index in [-0.39, 0.29) is 17.0 Å². The molecule has 0 aliphatic heterocycles. The standard InChI is InChI=1S/C23H36O3/c1-5-23(26-15(2)24)13-12-21(3)16(14-23)6-7-17-18-8-9-20(25)22(18,4)11-10-19(17)21/h16-19H,5-14H2,1-4H3/t16-,17-,18-,19+,21-,22-,23-/m0/s1. The van der Waals surface area contributed by atoms with Crippen molar-refractivity contribution in [3.8, 4) is 0 Å². The summed E-state index contributed by atoms with van der Waals surface area (Å²) in [7, 11) is 0. The Hall–Kier alpha value is -0.860. The first-order valence-corrected chi connectivity index (χ1v) is 11.0. The molecule has 0 radical (unpaired) electrons. The summed E-state index contributed by atoms with van der Waals surface area (Å²) in [4.78, 5) is 24.2. The van der Waals surface area contributed by atoms with Crippen molar-refractivity contribution < 1.29 is 14.3 Å². The molecule has 4 aliphatic rings. The summed E-state index contributed by atoms with van der Waals surface area (Å²) in [5.41, 5.74) is 0.119. The SMILES string of the molecule is CC[C@]1(OC(C)=O)CC[C@@]2(C)[C@@H](CC[C@@H]3[C@H]2CC[C@]2(C)C(=O)CC[C@@H]32)C1. The Labute approximate surface area is 158 Å². The Morgan fingerprint density at radius 2 is 1.85 bits per heavy atom. The zero-order valence-corrected chi connectivity index (χ0v) is 17.1. The molecule has 0 bridgehead atoms. The molecule has 3 nitrogen and oxygen atoms in total. The van der Waals surface area contributed by atoms with Crippen molar-refractivity contribution in [2.75, 3.05) is 0 Å². The van der Waals surface area contributed by atoms with Crippen LogP contribution >= 0.6 is 0 Å². The van der Waals surface area contributed by atoms with Crippen molar-refractivity contribution in [2.45, 2.75) is 97.5 Å². The van der Waals surface area contributed by atoms with Crippen LogP contribution in [0.5, 0.6) is 0 Å². The van der Waals surface area contributed by atoms with Crippen LogP contribution in [0.15, 0.2) is 0 Å². The first-order valence-electron chi connectivity index (χ1n) is 11.0. The molecule has 146 valence electrons. The van der Waals surface area contributed by atoms with E-state index < -0.39 is 0 Å². The Balaban J connectivity index is 1.58. The fraction of sp³-hybridized carbons (Fsp3) is 0.913. The number of rotatable bonds is 2. The average Bonchev–Trinajstić information content (AvgIpc) is 2.90. The molecule has 0 N–H and O–H groups in total. The average molecular weight is 361 g/mol. The van der Waals surface area contributed by atoms with E-state index in [0.717, 1.165) is 50.4 Å². The molecule has 4 rings (SSSR count). The van der Waals surface area contributed by atoms with Crippen LogP contribution in [0.2, 0.25) is 0 Å². The van der Waals surface area contributed by atoms with Gasteiger partial charge in [0.1, 0.15) is 11.4 Å². The highest BCUT2D eigenvalue weighted by molar-refractivity contribution is 5.87. The Kier molecular flexibility index (Phi) is 4.32. The van der Waals surface area contributed by atoms with Gasteiger partial charge in [0.2, 0.25) is 0 Å². The van der Waals surface area contributed by atoms with Gasteiger partial charge in [0.05, 0.1) is 0 Å². The molecule has 7 atom stereocenters. The molecule has 0 aromatic carbocycles. The lowest BCUT2D eigenvalue weighted by molar-refractivity contribution is -0.182. The predicted molar refractivity (Wildman–Crippen MR) is 102 cm³/mol. The number of ketones is 1. The molecule has 26 heavy (non-hydrogen) atoms. The number of hydrogen-bond acceptors (Lipinski definition) is 3. The minimum absolute atomic E-state index is 0.0239. The van der Waals surface area contributed by atoms with Crippen LogP contribution < -0.4 is 0 Å². The van der Waals surface area contributed by atoms with Gasteiger partial charge in [-0.3, -0.25) is 9.59 Å². The second-order valence-corrected chi connectivity index (χ2v) is 10.4. The third kappa shape index (κ3) is 2.52. The van der Waals surface area contributed by atoms with Gasteiger partial charge in [0, 0.05) is 18.8 Å².